The van der Waals surface area contributed by atoms with Gasteiger partial charge in [-0.3, -0.25) is 4.79 Å². The van der Waals surface area contributed by atoms with E-state index in [0.29, 0.717) is 5.75 Å². The van der Waals surface area contributed by atoms with Crippen LogP contribution in [0, 0.1) is 11.3 Å². The number of rotatable bonds is 4. The molecule has 100 valence electrons. The predicted molar refractivity (Wildman–Crippen MR) is 68.6 cm³/mol. The lowest BCUT2D eigenvalue weighted by Gasteiger charge is -2.28. The zero-order valence-electron chi connectivity index (χ0n) is 11.3. The summed E-state index contributed by atoms with van der Waals surface area (Å²) in [6.07, 6.45) is 0. The van der Waals surface area contributed by atoms with Gasteiger partial charge in [-0.1, -0.05) is 26.8 Å². The third-order valence-corrected chi connectivity index (χ3v) is 2.77. The topological polar surface area (TPSA) is 55.8 Å². The molecule has 0 spiro atoms. The second kappa shape index (κ2) is 5.76. The van der Waals surface area contributed by atoms with Gasteiger partial charge in [-0.05, 0) is 17.5 Å². The summed E-state index contributed by atoms with van der Waals surface area (Å²) in [5, 5.41) is 9.32. The second-order valence-electron chi connectivity index (χ2n) is 5.25. The Morgan fingerprint density at radius 1 is 1.39 bits per heavy atom. The largest absolute Gasteiger partial charge is 0.508 e. The number of phenols is 1. The number of hydrogen-bond acceptors (Lipinski definition) is 4. The first-order valence-corrected chi connectivity index (χ1v) is 5.84. The molecule has 0 aromatic heterocycles. The summed E-state index contributed by atoms with van der Waals surface area (Å²) in [5.74, 6) is 0.0264. The summed E-state index contributed by atoms with van der Waals surface area (Å²) in [7, 11) is 1.37. The summed E-state index contributed by atoms with van der Waals surface area (Å²) in [6, 6.07) is 6.50. The smallest absolute Gasteiger partial charge is 0.312 e. The Balaban J connectivity index is 2.71. The lowest BCUT2D eigenvalue weighted by atomic mass is 9.81. The van der Waals surface area contributed by atoms with Gasteiger partial charge in [0.1, 0.15) is 18.1 Å². The molecule has 0 saturated heterocycles. The molecule has 1 aromatic rings. The predicted octanol–water partition coefficient (Wildman–Crippen LogP) is 2.61. The van der Waals surface area contributed by atoms with E-state index >= 15 is 0 Å². The van der Waals surface area contributed by atoms with E-state index < -0.39 is 0 Å². The average molecular weight is 252 g/mol. The van der Waals surface area contributed by atoms with Crippen LogP contribution in [0.4, 0.5) is 0 Å². The van der Waals surface area contributed by atoms with Crippen molar-refractivity contribution in [1.82, 2.24) is 0 Å². The van der Waals surface area contributed by atoms with Gasteiger partial charge in [0.25, 0.3) is 0 Å². The zero-order valence-corrected chi connectivity index (χ0v) is 11.3. The molecule has 4 heteroatoms. The first-order chi connectivity index (χ1) is 8.34. The molecule has 1 unspecified atom stereocenters. The molecule has 0 radical (unpaired) electrons. The third kappa shape index (κ3) is 3.95. The normalized spacial score (nSPS) is 12.9. The zero-order chi connectivity index (χ0) is 13.8. The fraction of sp³-hybridized carbons (Fsp3) is 0.500. The van der Waals surface area contributed by atoms with Gasteiger partial charge in [0.2, 0.25) is 0 Å². The standard InChI is InChI=1S/C14H20O4/c1-14(2,3)12(13(16)17-4)9-18-11-7-5-6-10(15)8-11/h5-8,12,15H,9H2,1-4H3. The Labute approximate surface area is 108 Å². The van der Waals surface area contributed by atoms with E-state index in [0.717, 1.165) is 0 Å². The number of ether oxygens (including phenoxy) is 2. The van der Waals surface area contributed by atoms with Crippen molar-refractivity contribution in [1.29, 1.82) is 0 Å². The fourth-order valence-corrected chi connectivity index (χ4v) is 1.57. The van der Waals surface area contributed by atoms with Crippen molar-refractivity contribution in [2.45, 2.75) is 20.8 Å². The number of benzene rings is 1. The van der Waals surface area contributed by atoms with Crippen LogP contribution in [0.25, 0.3) is 0 Å². The summed E-state index contributed by atoms with van der Waals surface area (Å²) in [4.78, 5) is 11.7. The summed E-state index contributed by atoms with van der Waals surface area (Å²) >= 11 is 0. The highest BCUT2D eigenvalue weighted by atomic mass is 16.5. The van der Waals surface area contributed by atoms with Gasteiger partial charge in [0.15, 0.2) is 0 Å². The Morgan fingerprint density at radius 3 is 2.56 bits per heavy atom. The summed E-state index contributed by atoms with van der Waals surface area (Å²) < 4.78 is 10.3. The van der Waals surface area contributed by atoms with Crippen LogP contribution >= 0.6 is 0 Å². The minimum Gasteiger partial charge on any atom is -0.508 e. The van der Waals surface area contributed by atoms with Crippen molar-refractivity contribution in [3.05, 3.63) is 24.3 Å². The van der Waals surface area contributed by atoms with Crippen LogP contribution < -0.4 is 4.74 Å². The number of aromatic hydroxyl groups is 1. The Bertz CT molecular complexity index is 407. The maximum absolute atomic E-state index is 11.7. The minimum atomic E-state index is -0.357. The molecule has 0 saturated carbocycles. The van der Waals surface area contributed by atoms with Crippen molar-refractivity contribution >= 4 is 5.97 Å². The molecule has 4 nitrogen and oxygen atoms in total. The fourth-order valence-electron chi connectivity index (χ4n) is 1.57. The summed E-state index contributed by atoms with van der Waals surface area (Å²) in [6.45, 7) is 6.10. The molecule has 0 aliphatic heterocycles. The van der Waals surface area contributed by atoms with Crippen LogP contribution in [0.3, 0.4) is 0 Å². The van der Waals surface area contributed by atoms with Gasteiger partial charge in [-0.2, -0.15) is 0 Å². The number of esters is 1. The average Bonchev–Trinajstić information content (AvgIpc) is 2.27. The molecule has 1 aromatic carbocycles. The molecule has 1 atom stereocenters. The Morgan fingerprint density at radius 2 is 2.06 bits per heavy atom. The SMILES string of the molecule is COC(=O)C(COc1cccc(O)c1)C(C)(C)C. The quantitative estimate of drug-likeness (QED) is 0.837. The molecular weight excluding hydrogens is 232 g/mol. The van der Waals surface area contributed by atoms with Crippen molar-refractivity contribution in [3.8, 4) is 11.5 Å². The van der Waals surface area contributed by atoms with E-state index in [1.165, 1.54) is 13.2 Å². The van der Waals surface area contributed by atoms with E-state index in [1.54, 1.807) is 18.2 Å². The van der Waals surface area contributed by atoms with E-state index in [-0.39, 0.29) is 29.7 Å². The van der Waals surface area contributed by atoms with Gasteiger partial charge in [0.05, 0.1) is 13.0 Å². The van der Waals surface area contributed by atoms with Crippen LogP contribution in [0.15, 0.2) is 24.3 Å². The molecule has 0 amide bonds. The molecule has 1 rings (SSSR count). The van der Waals surface area contributed by atoms with E-state index in [9.17, 15) is 9.90 Å². The van der Waals surface area contributed by atoms with E-state index in [4.69, 9.17) is 9.47 Å². The molecule has 0 heterocycles. The van der Waals surface area contributed by atoms with Crippen molar-refractivity contribution in [2.75, 3.05) is 13.7 Å². The third-order valence-electron chi connectivity index (χ3n) is 2.77. The van der Waals surface area contributed by atoms with Crippen LogP contribution in [0.5, 0.6) is 11.5 Å². The van der Waals surface area contributed by atoms with E-state index in [1.807, 2.05) is 20.8 Å². The van der Waals surface area contributed by atoms with Gasteiger partial charge in [-0.25, -0.2) is 0 Å². The summed E-state index contributed by atoms with van der Waals surface area (Å²) in [5.41, 5.74) is -0.246. The molecule has 0 bridgehead atoms. The highest BCUT2D eigenvalue weighted by Crippen LogP contribution is 2.28. The molecule has 0 aliphatic rings. The number of hydrogen-bond donors (Lipinski definition) is 1. The molecule has 0 aliphatic carbocycles. The molecule has 1 N–H and O–H groups in total. The van der Waals surface area contributed by atoms with Gasteiger partial charge >= 0.3 is 5.97 Å². The van der Waals surface area contributed by atoms with Crippen LogP contribution in [-0.2, 0) is 9.53 Å². The van der Waals surface area contributed by atoms with Crippen molar-refractivity contribution < 1.29 is 19.4 Å². The first-order valence-electron chi connectivity index (χ1n) is 5.84. The molecular formula is C14H20O4. The number of methoxy groups -OCH3 is 1. The Kier molecular flexibility index (Phi) is 4.59. The van der Waals surface area contributed by atoms with Gasteiger partial charge in [-0.15, -0.1) is 0 Å². The Hall–Kier alpha value is -1.71. The number of carbonyl (C=O) groups is 1. The van der Waals surface area contributed by atoms with Crippen molar-refractivity contribution in [3.63, 3.8) is 0 Å². The second-order valence-corrected chi connectivity index (χ2v) is 5.25. The van der Waals surface area contributed by atoms with E-state index in [2.05, 4.69) is 0 Å². The lowest BCUT2D eigenvalue weighted by Crippen LogP contribution is -2.34. The monoisotopic (exact) mass is 252 g/mol. The van der Waals surface area contributed by atoms with Gasteiger partial charge in [0, 0.05) is 6.07 Å². The van der Waals surface area contributed by atoms with Crippen molar-refractivity contribution in [2.24, 2.45) is 11.3 Å². The minimum absolute atomic E-state index is 0.137. The highest BCUT2D eigenvalue weighted by molar-refractivity contribution is 5.73. The van der Waals surface area contributed by atoms with Crippen LogP contribution in [-0.4, -0.2) is 24.8 Å². The number of carbonyl (C=O) groups excluding carboxylic acids is 1. The van der Waals surface area contributed by atoms with Crippen LogP contribution in [0.2, 0.25) is 0 Å². The number of phenolic OH excluding ortho intramolecular Hbond substituents is 1. The van der Waals surface area contributed by atoms with Crippen LogP contribution in [0.1, 0.15) is 20.8 Å². The molecule has 18 heavy (non-hydrogen) atoms. The lowest BCUT2D eigenvalue weighted by molar-refractivity contribution is -0.150. The molecule has 0 fully saturated rings. The maximum Gasteiger partial charge on any atom is 0.312 e. The first kappa shape index (κ1) is 14.4. The maximum atomic E-state index is 11.7. The highest BCUT2D eigenvalue weighted by Gasteiger charge is 2.32. The van der Waals surface area contributed by atoms with Gasteiger partial charge < -0.3 is 14.6 Å².